The van der Waals surface area contributed by atoms with Gasteiger partial charge in [0.15, 0.2) is 0 Å². The first-order valence-electron chi connectivity index (χ1n) is 6.89. The molecule has 1 atom stereocenters. The Labute approximate surface area is 103 Å². The highest BCUT2D eigenvalue weighted by Gasteiger charge is 2.35. The first-order valence-corrected chi connectivity index (χ1v) is 6.89. The Morgan fingerprint density at radius 1 is 1.35 bits per heavy atom. The van der Waals surface area contributed by atoms with Gasteiger partial charge in [-0.15, -0.1) is 0 Å². The van der Waals surface area contributed by atoms with Gasteiger partial charge >= 0.3 is 0 Å². The number of anilines is 1. The Morgan fingerprint density at radius 3 is 3.00 bits per heavy atom. The van der Waals surface area contributed by atoms with Crippen LogP contribution >= 0.6 is 0 Å². The Hall–Kier alpha value is -1.03. The van der Waals surface area contributed by atoms with Gasteiger partial charge < -0.3 is 9.88 Å². The van der Waals surface area contributed by atoms with Crippen LogP contribution in [0, 0.1) is 0 Å². The molecule has 1 saturated heterocycles. The topological polar surface area (TPSA) is 33.1 Å². The normalized spacial score (nSPS) is 25.4. The van der Waals surface area contributed by atoms with Crippen LogP contribution in [0.25, 0.3) is 0 Å². The van der Waals surface area contributed by atoms with E-state index in [0.717, 1.165) is 25.0 Å². The lowest BCUT2D eigenvalue weighted by molar-refractivity contribution is 0.314. The van der Waals surface area contributed by atoms with Gasteiger partial charge in [0.1, 0.15) is 0 Å². The molecule has 3 rings (SSSR count). The number of likely N-dealkylation sites (tertiary alicyclic amines) is 1. The maximum absolute atomic E-state index is 4.42. The molecule has 0 aromatic carbocycles. The summed E-state index contributed by atoms with van der Waals surface area (Å²) in [6.07, 6.45) is 9.28. The lowest BCUT2D eigenvalue weighted by Gasteiger charge is -2.17. The van der Waals surface area contributed by atoms with Crippen LogP contribution in [0.15, 0.2) is 12.4 Å². The summed E-state index contributed by atoms with van der Waals surface area (Å²) in [5, 5.41) is 3.41. The minimum absolute atomic E-state index is 0.623. The summed E-state index contributed by atoms with van der Waals surface area (Å²) in [6, 6.07) is 1.52. The van der Waals surface area contributed by atoms with Gasteiger partial charge in [0, 0.05) is 38.1 Å². The molecule has 4 heteroatoms. The SMILES string of the molecule is CCCNc1nccn1C1CCN(C2CC2)C1. The summed E-state index contributed by atoms with van der Waals surface area (Å²) < 4.78 is 2.33. The van der Waals surface area contributed by atoms with Crippen LogP contribution in [-0.2, 0) is 0 Å². The minimum Gasteiger partial charge on any atom is -0.356 e. The number of hydrogen-bond acceptors (Lipinski definition) is 3. The van der Waals surface area contributed by atoms with E-state index in [1.165, 1.54) is 32.4 Å². The maximum atomic E-state index is 4.42. The Kier molecular flexibility index (Phi) is 3.05. The highest BCUT2D eigenvalue weighted by atomic mass is 15.3. The predicted molar refractivity (Wildman–Crippen MR) is 69.3 cm³/mol. The molecule has 94 valence electrons. The van der Waals surface area contributed by atoms with Crippen molar-refractivity contribution in [2.24, 2.45) is 0 Å². The number of rotatable bonds is 5. The minimum atomic E-state index is 0.623. The van der Waals surface area contributed by atoms with E-state index in [-0.39, 0.29) is 0 Å². The summed E-state index contributed by atoms with van der Waals surface area (Å²) >= 11 is 0. The second-order valence-corrected chi connectivity index (χ2v) is 5.25. The molecule has 1 aliphatic heterocycles. The van der Waals surface area contributed by atoms with Crippen LogP contribution < -0.4 is 5.32 Å². The summed E-state index contributed by atoms with van der Waals surface area (Å²) in [5.41, 5.74) is 0. The lowest BCUT2D eigenvalue weighted by atomic mass is 10.2. The quantitative estimate of drug-likeness (QED) is 0.847. The molecule has 4 nitrogen and oxygen atoms in total. The molecule has 1 aromatic rings. The van der Waals surface area contributed by atoms with Crippen molar-refractivity contribution in [1.29, 1.82) is 0 Å². The van der Waals surface area contributed by atoms with E-state index in [4.69, 9.17) is 0 Å². The lowest BCUT2D eigenvalue weighted by Crippen LogP contribution is -2.24. The number of nitrogens with one attached hydrogen (secondary N) is 1. The van der Waals surface area contributed by atoms with Crippen molar-refractivity contribution in [3.05, 3.63) is 12.4 Å². The van der Waals surface area contributed by atoms with E-state index < -0.39 is 0 Å². The molecule has 1 aromatic heterocycles. The number of aromatic nitrogens is 2. The molecule has 1 saturated carbocycles. The van der Waals surface area contributed by atoms with E-state index in [1.54, 1.807) is 0 Å². The molecule has 0 radical (unpaired) electrons. The molecule has 2 heterocycles. The first-order chi connectivity index (χ1) is 8.38. The molecule has 17 heavy (non-hydrogen) atoms. The van der Waals surface area contributed by atoms with E-state index in [9.17, 15) is 0 Å². The van der Waals surface area contributed by atoms with Gasteiger partial charge in [-0.25, -0.2) is 4.98 Å². The zero-order valence-electron chi connectivity index (χ0n) is 10.6. The number of imidazole rings is 1. The number of nitrogens with zero attached hydrogens (tertiary/aromatic N) is 3. The molecule has 0 amide bonds. The Balaban J connectivity index is 1.65. The molecule has 0 spiro atoms. The van der Waals surface area contributed by atoms with Crippen molar-refractivity contribution in [3.8, 4) is 0 Å². The van der Waals surface area contributed by atoms with Gasteiger partial charge in [-0.2, -0.15) is 0 Å². The van der Waals surface area contributed by atoms with Crippen molar-refractivity contribution < 1.29 is 0 Å². The van der Waals surface area contributed by atoms with Crippen LogP contribution in [0.2, 0.25) is 0 Å². The van der Waals surface area contributed by atoms with E-state index in [1.807, 2.05) is 6.20 Å². The van der Waals surface area contributed by atoms with Gasteiger partial charge in [-0.1, -0.05) is 6.92 Å². The summed E-state index contributed by atoms with van der Waals surface area (Å²) in [7, 11) is 0. The maximum Gasteiger partial charge on any atom is 0.203 e. The summed E-state index contributed by atoms with van der Waals surface area (Å²) in [4.78, 5) is 7.06. The Bertz CT molecular complexity index is 369. The molecule has 2 aliphatic rings. The van der Waals surface area contributed by atoms with Gasteiger partial charge in [-0.3, -0.25) is 4.90 Å². The van der Waals surface area contributed by atoms with Crippen LogP contribution in [-0.4, -0.2) is 40.1 Å². The van der Waals surface area contributed by atoms with Crippen LogP contribution in [0.3, 0.4) is 0 Å². The molecular formula is C13H22N4. The zero-order chi connectivity index (χ0) is 11.7. The van der Waals surface area contributed by atoms with E-state index in [0.29, 0.717) is 6.04 Å². The third-order valence-electron chi connectivity index (χ3n) is 3.85. The van der Waals surface area contributed by atoms with Gasteiger partial charge in [0.2, 0.25) is 5.95 Å². The second-order valence-electron chi connectivity index (χ2n) is 5.25. The predicted octanol–water partition coefficient (Wildman–Crippen LogP) is 2.11. The van der Waals surface area contributed by atoms with Crippen molar-refractivity contribution in [2.45, 2.75) is 44.7 Å². The molecule has 1 aliphatic carbocycles. The average molecular weight is 234 g/mol. The zero-order valence-corrected chi connectivity index (χ0v) is 10.6. The average Bonchev–Trinajstić information content (AvgIpc) is 2.92. The molecule has 0 bridgehead atoms. The van der Waals surface area contributed by atoms with Crippen LogP contribution in [0.1, 0.15) is 38.6 Å². The monoisotopic (exact) mass is 234 g/mol. The fourth-order valence-electron chi connectivity index (χ4n) is 2.75. The summed E-state index contributed by atoms with van der Waals surface area (Å²) in [5.74, 6) is 1.05. The largest absolute Gasteiger partial charge is 0.356 e. The second kappa shape index (κ2) is 4.69. The third kappa shape index (κ3) is 2.32. The van der Waals surface area contributed by atoms with Crippen molar-refractivity contribution in [1.82, 2.24) is 14.5 Å². The van der Waals surface area contributed by atoms with Crippen molar-refractivity contribution in [3.63, 3.8) is 0 Å². The number of hydrogen-bond donors (Lipinski definition) is 1. The van der Waals surface area contributed by atoms with E-state index >= 15 is 0 Å². The molecule has 1 N–H and O–H groups in total. The Morgan fingerprint density at radius 2 is 2.24 bits per heavy atom. The van der Waals surface area contributed by atoms with Crippen LogP contribution in [0.5, 0.6) is 0 Å². The fraction of sp³-hybridized carbons (Fsp3) is 0.769. The molecule has 2 fully saturated rings. The molecule has 1 unspecified atom stereocenters. The van der Waals surface area contributed by atoms with Gasteiger partial charge in [0.05, 0.1) is 6.04 Å². The smallest absolute Gasteiger partial charge is 0.203 e. The third-order valence-corrected chi connectivity index (χ3v) is 3.85. The van der Waals surface area contributed by atoms with Crippen molar-refractivity contribution >= 4 is 5.95 Å². The van der Waals surface area contributed by atoms with Crippen LogP contribution in [0.4, 0.5) is 5.95 Å². The van der Waals surface area contributed by atoms with E-state index in [2.05, 4.69) is 32.9 Å². The fourth-order valence-corrected chi connectivity index (χ4v) is 2.75. The molecular weight excluding hydrogens is 212 g/mol. The highest BCUT2D eigenvalue weighted by molar-refractivity contribution is 5.26. The summed E-state index contributed by atoms with van der Waals surface area (Å²) in [6.45, 7) is 5.67. The van der Waals surface area contributed by atoms with Crippen molar-refractivity contribution in [2.75, 3.05) is 25.0 Å². The first kappa shape index (κ1) is 11.1. The standard InChI is InChI=1S/C13H22N4/c1-2-6-14-13-15-7-9-17(13)12-5-8-16(10-12)11-3-4-11/h7,9,11-12H,2-6,8,10H2,1H3,(H,14,15). The van der Waals surface area contributed by atoms with Gasteiger partial charge in [0.25, 0.3) is 0 Å². The van der Waals surface area contributed by atoms with Gasteiger partial charge in [-0.05, 0) is 25.7 Å². The highest BCUT2D eigenvalue weighted by Crippen LogP contribution is 2.34.